The van der Waals surface area contributed by atoms with Crippen molar-refractivity contribution in [2.24, 2.45) is 0 Å². The number of aromatic nitrogens is 1. The van der Waals surface area contributed by atoms with Crippen LogP contribution in [-0.2, 0) is 6.42 Å². The third-order valence-electron chi connectivity index (χ3n) is 3.46. The van der Waals surface area contributed by atoms with Crippen molar-refractivity contribution in [1.82, 2.24) is 15.6 Å². The fourth-order valence-corrected chi connectivity index (χ4v) is 3.26. The molecule has 0 aliphatic heterocycles. The first-order valence-corrected chi connectivity index (χ1v) is 8.26. The number of hydrogen-bond acceptors (Lipinski definition) is 4. The SMILES string of the molecule is S=C(NCCOc1nccs1)N[C@H]1CCc2ccccc21. The Bertz CT molecular complexity index is 601. The maximum Gasteiger partial charge on any atom is 0.273 e. The molecule has 1 atom stereocenters. The van der Waals surface area contributed by atoms with Crippen molar-refractivity contribution >= 4 is 28.7 Å². The van der Waals surface area contributed by atoms with Crippen molar-refractivity contribution in [3.63, 3.8) is 0 Å². The maximum atomic E-state index is 5.48. The van der Waals surface area contributed by atoms with E-state index >= 15 is 0 Å². The van der Waals surface area contributed by atoms with Gasteiger partial charge in [-0.2, -0.15) is 0 Å². The van der Waals surface area contributed by atoms with Crippen molar-refractivity contribution in [2.45, 2.75) is 18.9 Å². The number of hydrogen-bond donors (Lipinski definition) is 2. The number of ether oxygens (including phenoxy) is 1. The number of nitrogens with zero attached hydrogens (tertiary/aromatic N) is 1. The number of nitrogens with one attached hydrogen (secondary N) is 2. The highest BCUT2D eigenvalue weighted by Gasteiger charge is 2.21. The predicted molar refractivity (Wildman–Crippen MR) is 88.8 cm³/mol. The van der Waals surface area contributed by atoms with Crippen molar-refractivity contribution in [2.75, 3.05) is 13.2 Å². The Morgan fingerprint density at radius 1 is 1.43 bits per heavy atom. The molecule has 1 aromatic carbocycles. The predicted octanol–water partition coefficient (Wildman–Crippen LogP) is 2.67. The number of thiazole rings is 1. The summed E-state index contributed by atoms with van der Waals surface area (Å²) in [4.78, 5) is 4.06. The molecule has 2 aromatic rings. The van der Waals surface area contributed by atoms with Crippen LogP contribution in [0.2, 0.25) is 0 Å². The van der Waals surface area contributed by atoms with Crippen LogP contribution >= 0.6 is 23.6 Å². The summed E-state index contributed by atoms with van der Waals surface area (Å²) in [6.07, 6.45) is 3.94. The monoisotopic (exact) mass is 319 g/mol. The number of thiocarbonyl (C=S) groups is 1. The van der Waals surface area contributed by atoms with Crippen molar-refractivity contribution in [3.8, 4) is 5.19 Å². The Kier molecular flexibility index (Phi) is 4.67. The normalized spacial score (nSPS) is 16.3. The largest absolute Gasteiger partial charge is 0.468 e. The zero-order valence-electron chi connectivity index (χ0n) is 11.5. The van der Waals surface area contributed by atoms with Crippen molar-refractivity contribution in [3.05, 3.63) is 47.0 Å². The van der Waals surface area contributed by atoms with Gasteiger partial charge in [-0.25, -0.2) is 4.98 Å². The van der Waals surface area contributed by atoms with Crippen LogP contribution in [0.1, 0.15) is 23.6 Å². The summed E-state index contributed by atoms with van der Waals surface area (Å²) in [7, 11) is 0. The molecule has 1 aliphatic carbocycles. The first-order chi connectivity index (χ1) is 10.3. The van der Waals surface area contributed by atoms with Gasteiger partial charge in [0.2, 0.25) is 0 Å². The summed E-state index contributed by atoms with van der Waals surface area (Å²) in [5.41, 5.74) is 2.78. The van der Waals surface area contributed by atoms with E-state index in [0.29, 0.717) is 29.5 Å². The third-order valence-corrected chi connectivity index (χ3v) is 4.41. The minimum atomic E-state index is 0.320. The topological polar surface area (TPSA) is 46.2 Å². The van der Waals surface area contributed by atoms with E-state index < -0.39 is 0 Å². The first-order valence-electron chi connectivity index (χ1n) is 6.97. The molecule has 0 fully saturated rings. The lowest BCUT2D eigenvalue weighted by atomic mass is 10.1. The average molecular weight is 319 g/mol. The van der Waals surface area contributed by atoms with Gasteiger partial charge in [0.1, 0.15) is 6.61 Å². The van der Waals surface area contributed by atoms with Gasteiger partial charge in [0, 0.05) is 11.6 Å². The second kappa shape index (κ2) is 6.87. The van der Waals surface area contributed by atoms with E-state index in [2.05, 4.69) is 39.9 Å². The zero-order chi connectivity index (χ0) is 14.5. The molecule has 1 aliphatic rings. The number of benzene rings is 1. The summed E-state index contributed by atoms with van der Waals surface area (Å²) in [5, 5.41) is 9.83. The molecule has 2 N–H and O–H groups in total. The molecular weight excluding hydrogens is 302 g/mol. The van der Waals surface area contributed by atoms with Gasteiger partial charge in [-0.05, 0) is 36.2 Å². The van der Waals surface area contributed by atoms with E-state index in [1.54, 1.807) is 6.20 Å². The maximum absolute atomic E-state index is 5.48. The highest BCUT2D eigenvalue weighted by molar-refractivity contribution is 7.80. The number of rotatable bonds is 5. The van der Waals surface area contributed by atoms with E-state index in [4.69, 9.17) is 17.0 Å². The van der Waals surface area contributed by atoms with Gasteiger partial charge >= 0.3 is 0 Å². The highest BCUT2D eigenvalue weighted by atomic mass is 32.1. The van der Waals surface area contributed by atoms with Crippen LogP contribution in [0.3, 0.4) is 0 Å². The summed E-state index contributed by atoms with van der Waals surface area (Å²) >= 11 is 6.83. The molecule has 6 heteroatoms. The lowest BCUT2D eigenvalue weighted by Crippen LogP contribution is -2.39. The number of fused-ring (bicyclic) bond motifs is 1. The molecule has 1 heterocycles. The molecule has 0 bridgehead atoms. The van der Waals surface area contributed by atoms with Gasteiger partial charge in [0.05, 0.1) is 12.6 Å². The third kappa shape index (κ3) is 3.71. The van der Waals surface area contributed by atoms with Crippen LogP contribution in [0, 0.1) is 0 Å². The molecule has 3 rings (SSSR count). The fraction of sp³-hybridized carbons (Fsp3) is 0.333. The second-order valence-corrected chi connectivity index (χ2v) is 6.10. The molecule has 0 saturated carbocycles. The zero-order valence-corrected chi connectivity index (χ0v) is 13.2. The molecule has 1 aromatic heterocycles. The molecule has 0 unspecified atom stereocenters. The highest BCUT2D eigenvalue weighted by Crippen LogP contribution is 2.30. The Morgan fingerprint density at radius 3 is 3.19 bits per heavy atom. The molecule has 110 valence electrons. The molecule has 0 spiro atoms. The van der Waals surface area contributed by atoms with Crippen molar-refractivity contribution < 1.29 is 4.74 Å². The summed E-state index contributed by atoms with van der Waals surface area (Å²) in [6.45, 7) is 1.22. The van der Waals surface area contributed by atoms with E-state index in [1.165, 1.54) is 22.5 Å². The van der Waals surface area contributed by atoms with Crippen LogP contribution in [0.25, 0.3) is 0 Å². The van der Waals surface area contributed by atoms with Gasteiger partial charge < -0.3 is 15.4 Å². The molecule has 0 amide bonds. The molecule has 0 saturated heterocycles. The Balaban J connectivity index is 1.41. The summed E-state index contributed by atoms with van der Waals surface area (Å²) in [5.74, 6) is 0. The van der Waals surface area contributed by atoms with E-state index in [-0.39, 0.29) is 0 Å². The average Bonchev–Trinajstić information content (AvgIpc) is 3.14. The van der Waals surface area contributed by atoms with Gasteiger partial charge in [-0.1, -0.05) is 35.6 Å². The smallest absolute Gasteiger partial charge is 0.273 e. The Hall–Kier alpha value is -1.66. The van der Waals surface area contributed by atoms with E-state index in [0.717, 1.165) is 12.8 Å². The van der Waals surface area contributed by atoms with E-state index in [9.17, 15) is 0 Å². The first kappa shape index (κ1) is 14.3. The minimum Gasteiger partial charge on any atom is -0.468 e. The lowest BCUT2D eigenvalue weighted by molar-refractivity contribution is 0.320. The van der Waals surface area contributed by atoms with Crippen LogP contribution in [-0.4, -0.2) is 23.2 Å². The summed E-state index contributed by atoms with van der Waals surface area (Å²) < 4.78 is 5.48. The van der Waals surface area contributed by atoms with Gasteiger partial charge in [-0.15, -0.1) is 0 Å². The van der Waals surface area contributed by atoms with Crippen LogP contribution in [0.4, 0.5) is 0 Å². The quantitative estimate of drug-likeness (QED) is 0.655. The lowest BCUT2D eigenvalue weighted by Gasteiger charge is -2.17. The van der Waals surface area contributed by atoms with Gasteiger partial charge in [0.25, 0.3) is 5.19 Å². The van der Waals surface area contributed by atoms with Crippen LogP contribution in [0.15, 0.2) is 35.8 Å². The minimum absolute atomic E-state index is 0.320. The number of aryl methyl sites for hydroxylation is 1. The van der Waals surface area contributed by atoms with Gasteiger partial charge in [-0.3, -0.25) is 0 Å². The second-order valence-electron chi connectivity index (χ2n) is 4.84. The van der Waals surface area contributed by atoms with Crippen LogP contribution < -0.4 is 15.4 Å². The summed E-state index contributed by atoms with van der Waals surface area (Å²) in [6, 6.07) is 8.86. The Morgan fingerprint density at radius 2 is 2.33 bits per heavy atom. The van der Waals surface area contributed by atoms with Crippen LogP contribution in [0.5, 0.6) is 5.19 Å². The molecule has 4 nitrogen and oxygen atoms in total. The molecule has 21 heavy (non-hydrogen) atoms. The fourth-order valence-electron chi connectivity index (χ4n) is 2.50. The molecule has 0 radical (unpaired) electrons. The Labute approximate surface area is 133 Å². The van der Waals surface area contributed by atoms with E-state index in [1.807, 2.05) is 5.38 Å². The van der Waals surface area contributed by atoms with Gasteiger partial charge in [0.15, 0.2) is 5.11 Å². The molecular formula is C15H17N3OS2. The standard InChI is InChI=1S/C15H17N3OS2/c20-14(16-7-9-19-15-17-8-10-21-15)18-13-6-5-11-3-1-2-4-12(11)13/h1-4,8,10,13H,5-7,9H2,(H2,16,18,20)/t13-/m0/s1. The van der Waals surface area contributed by atoms with Crippen molar-refractivity contribution in [1.29, 1.82) is 0 Å².